The number of piperazine rings is 1. The van der Waals surface area contributed by atoms with Gasteiger partial charge in [-0.1, -0.05) is 86.5 Å². The zero-order valence-corrected chi connectivity index (χ0v) is 20.9. The van der Waals surface area contributed by atoms with Gasteiger partial charge in [-0.15, -0.1) is 0 Å². The first kappa shape index (κ1) is 23.9. The Bertz CT molecular complexity index is 1070. The molecule has 1 saturated heterocycles. The monoisotopic (exact) mass is 473 g/mol. The molecule has 2 aromatic carbocycles. The van der Waals surface area contributed by atoms with Crippen molar-refractivity contribution in [1.82, 2.24) is 15.3 Å². The van der Waals surface area contributed by atoms with E-state index in [9.17, 15) is 0 Å². The Balaban J connectivity index is 1.68. The summed E-state index contributed by atoms with van der Waals surface area (Å²) < 4.78 is 7.15. The van der Waals surface area contributed by atoms with Crippen molar-refractivity contribution >= 4 is 30.3 Å². The van der Waals surface area contributed by atoms with E-state index in [1.165, 1.54) is 10.4 Å². The highest BCUT2D eigenvalue weighted by atomic mass is 28.4. The summed E-state index contributed by atoms with van der Waals surface area (Å²) in [7, 11) is -2.63. The highest BCUT2D eigenvalue weighted by Crippen LogP contribution is 2.37. The van der Waals surface area contributed by atoms with Crippen molar-refractivity contribution in [3.63, 3.8) is 0 Å². The van der Waals surface area contributed by atoms with Crippen molar-refractivity contribution < 1.29 is 4.43 Å². The Kier molecular flexibility index (Phi) is 7.28. The molecule has 176 valence electrons. The van der Waals surface area contributed by atoms with Gasteiger partial charge < -0.3 is 14.6 Å². The fraction of sp³-hybridized carbons (Fsp3) is 0.360. The summed E-state index contributed by atoms with van der Waals surface area (Å²) in [5.74, 6) is 0.620. The molecule has 1 N–H and O–H groups in total. The van der Waals surface area contributed by atoms with Gasteiger partial charge in [0.2, 0.25) is 5.95 Å². The molecule has 3 aromatic rings. The molecule has 0 bridgehead atoms. The van der Waals surface area contributed by atoms with Crippen LogP contribution in [0.5, 0.6) is 0 Å². The number of rotatable bonds is 7. The number of hydrogen-bond acceptors (Lipinski definition) is 6. The Labute approximate surface area is 201 Å². The maximum atomic E-state index is 8.65. The van der Waals surface area contributed by atoms with Crippen LogP contribution in [-0.2, 0) is 4.43 Å². The standard InChI is InChI=1S/C25H31N7OSi/c1-25(2,3)34(22-10-6-4-7-11-22,23-12-8-5-9-13-23)33-19-21-18-27-14-15-32(21)24-28-16-20(17-29-24)30-31-26/h4-13,16-17,21,27H,14-15,18-19H2,1-3H3. The second kappa shape index (κ2) is 10.4. The van der Waals surface area contributed by atoms with Gasteiger partial charge in [0.1, 0.15) is 0 Å². The van der Waals surface area contributed by atoms with Crippen LogP contribution in [0.1, 0.15) is 20.8 Å². The fourth-order valence-electron chi connectivity index (χ4n) is 4.72. The lowest BCUT2D eigenvalue weighted by molar-refractivity contribution is 0.251. The van der Waals surface area contributed by atoms with Gasteiger partial charge in [-0.25, -0.2) is 9.97 Å². The fourth-order valence-corrected chi connectivity index (χ4v) is 9.32. The number of nitrogens with zero attached hydrogens (tertiary/aromatic N) is 6. The first-order valence-electron chi connectivity index (χ1n) is 11.6. The molecule has 2 heterocycles. The quantitative estimate of drug-likeness (QED) is 0.244. The molecule has 0 radical (unpaired) electrons. The van der Waals surface area contributed by atoms with Gasteiger partial charge in [0.15, 0.2) is 0 Å². The van der Waals surface area contributed by atoms with E-state index in [4.69, 9.17) is 9.96 Å². The van der Waals surface area contributed by atoms with E-state index < -0.39 is 8.32 Å². The van der Waals surface area contributed by atoms with Gasteiger partial charge in [0.25, 0.3) is 8.32 Å². The first-order valence-corrected chi connectivity index (χ1v) is 13.5. The topological polar surface area (TPSA) is 99.0 Å². The van der Waals surface area contributed by atoms with Crippen molar-refractivity contribution in [1.29, 1.82) is 0 Å². The zero-order valence-electron chi connectivity index (χ0n) is 19.9. The summed E-state index contributed by atoms with van der Waals surface area (Å²) in [4.78, 5) is 13.9. The Hall–Kier alpha value is -3.23. The van der Waals surface area contributed by atoms with Crippen LogP contribution in [-0.4, -0.2) is 50.6 Å². The Morgan fingerprint density at radius 2 is 1.65 bits per heavy atom. The van der Waals surface area contributed by atoms with Gasteiger partial charge in [-0.3, -0.25) is 0 Å². The minimum atomic E-state index is -2.63. The lowest BCUT2D eigenvalue weighted by Gasteiger charge is -2.45. The smallest absolute Gasteiger partial charge is 0.261 e. The van der Waals surface area contributed by atoms with Crippen molar-refractivity contribution in [3.8, 4) is 0 Å². The van der Waals surface area contributed by atoms with Crippen molar-refractivity contribution in [2.75, 3.05) is 31.1 Å². The van der Waals surface area contributed by atoms with Gasteiger partial charge in [0.05, 0.1) is 18.3 Å². The van der Waals surface area contributed by atoms with Crippen molar-refractivity contribution in [2.45, 2.75) is 31.9 Å². The normalized spacial score (nSPS) is 16.7. The molecule has 1 aliphatic rings. The van der Waals surface area contributed by atoms with Crippen molar-refractivity contribution in [2.24, 2.45) is 5.11 Å². The molecule has 1 fully saturated rings. The van der Waals surface area contributed by atoms with E-state index in [1.807, 2.05) is 0 Å². The maximum Gasteiger partial charge on any atom is 0.261 e. The van der Waals surface area contributed by atoms with Crippen LogP contribution in [0.2, 0.25) is 5.04 Å². The summed E-state index contributed by atoms with van der Waals surface area (Å²) in [5.41, 5.74) is 9.06. The number of benzene rings is 2. The molecular weight excluding hydrogens is 442 g/mol. The summed E-state index contributed by atoms with van der Waals surface area (Å²) >= 11 is 0. The van der Waals surface area contributed by atoms with E-state index in [1.54, 1.807) is 12.4 Å². The summed E-state index contributed by atoms with van der Waals surface area (Å²) in [6.45, 7) is 9.79. The summed E-state index contributed by atoms with van der Waals surface area (Å²) in [5, 5.41) is 9.51. The Morgan fingerprint density at radius 1 is 1.06 bits per heavy atom. The van der Waals surface area contributed by atoms with Crippen LogP contribution in [0, 0.1) is 0 Å². The third-order valence-corrected chi connectivity index (χ3v) is 11.3. The molecular formula is C25H31N7OSi. The molecule has 1 aliphatic heterocycles. The second-order valence-corrected chi connectivity index (χ2v) is 13.8. The third-order valence-electron chi connectivity index (χ3n) is 6.30. The lowest BCUT2D eigenvalue weighted by Crippen LogP contribution is -2.68. The molecule has 1 atom stereocenters. The number of hydrogen-bond donors (Lipinski definition) is 1. The van der Waals surface area contributed by atoms with E-state index in [2.05, 4.69) is 112 Å². The third kappa shape index (κ3) is 4.83. The van der Waals surface area contributed by atoms with E-state index in [-0.39, 0.29) is 11.1 Å². The molecule has 34 heavy (non-hydrogen) atoms. The van der Waals surface area contributed by atoms with Crippen LogP contribution in [0.25, 0.3) is 10.4 Å². The average molecular weight is 474 g/mol. The minimum absolute atomic E-state index is 0.0701. The molecule has 1 aromatic heterocycles. The van der Waals surface area contributed by atoms with E-state index >= 15 is 0 Å². The van der Waals surface area contributed by atoms with E-state index in [0.29, 0.717) is 18.2 Å². The Morgan fingerprint density at radius 3 is 2.18 bits per heavy atom. The maximum absolute atomic E-state index is 8.65. The first-order chi connectivity index (χ1) is 16.5. The van der Waals surface area contributed by atoms with Crippen LogP contribution >= 0.6 is 0 Å². The summed E-state index contributed by atoms with van der Waals surface area (Å²) in [6, 6.07) is 21.4. The summed E-state index contributed by atoms with van der Waals surface area (Å²) in [6.07, 6.45) is 3.12. The highest BCUT2D eigenvalue weighted by molar-refractivity contribution is 6.99. The van der Waals surface area contributed by atoms with Crippen LogP contribution < -0.4 is 20.6 Å². The van der Waals surface area contributed by atoms with Gasteiger partial charge in [-0.05, 0) is 20.9 Å². The molecule has 0 spiro atoms. The number of nitrogens with one attached hydrogen (secondary N) is 1. The van der Waals surface area contributed by atoms with Gasteiger partial charge >= 0.3 is 0 Å². The minimum Gasteiger partial charge on any atom is -0.405 e. The van der Waals surface area contributed by atoms with Crippen LogP contribution in [0.3, 0.4) is 0 Å². The molecule has 0 saturated carbocycles. The predicted octanol–water partition coefficient (Wildman–Crippen LogP) is 3.77. The molecule has 4 rings (SSSR count). The van der Waals surface area contributed by atoms with Crippen LogP contribution in [0.15, 0.2) is 78.2 Å². The van der Waals surface area contributed by atoms with Gasteiger partial charge in [-0.2, -0.15) is 0 Å². The van der Waals surface area contributed by atoms with Crippen LogP contribution in [0.4, 0.5) is 11.6 Å². The second-order valence-electron chi connectivity index (χ2n) is 9.46. The molecule has 0 aliphatic carbocycles. The predicted molar refractivity (Wildman–Crippen MR) is 138 cm³/mol. The largest absolute Gasteiger partial charge is 0.405 e. The SMILES string of the molecule is CC(C)(C)[Si](OCC1CNCCN1c1ncc(N=[N+]=[N-])cn1)(c1ccccc1)c1ccccc1. The molecule has 9 heteroatoms. The van der Waals surface area contributed by atoms with Crippen molar-refractivity contribution in [3.05, 3.63) is 83.5 Å². The average Bonchev–Trinajstić information content (AvgIpc) is 2.86. The van der Waals surface area contributed by atoms with Gasteiger partial charge in [0, 0.05) is 36.9 Å². The zero-order chi connectivity index (χ0) is 24.0. The van der Waals surface area contributed by atoms with E-state index in [0.717, 1.165) is 19.6 Å². The number of anilines is 1. The molecule has 8 nitrogen and oxygen atoms in total. The highest BCUT2D eigenvalue weighted by Gasteiger charge is 2.50. The lowest BCUT2D eigenvalue weighted by atomic mass is 10.2. The number of aromatic nitrogens is 2. The molecule has 0 amide bonds. The molecule has 1 unspecified atom stereocenters. The number of azide groups is 1.